The maximum atomic E-state index is 13.3. The lowest BCUT2D eigenvalue weighted by molar-refractivity contribution is -0.127. The number of amides is 1. The lowest BCUT2D eigenvalue weighted by Crippen LogP contribution is -2.36. The SMILES string of the molecule is O=C(c1cn2nc(N3CCOCC3)ccc2n1)N1C[C@H]2CC(c3ccccc3CC(F)(F)F)C[C@H]2C1. The smallest absolute Gasteiger partial charge is 0.378 e. The first kappa shape index (κ1) is 23.3. The van der Waals surface area contributed by atoms with Gasteiger partial charge in [0.2, 0.25) is 0 Å². The number of ether oxygens (including phenoxy) is 1. The number of benzene rings is 1. The van der Waals surface area contributed by atoms with Crippen molar-refractivity contribution in [3.8, 4) is 0 Å². The van der Waals surface area contributed by atoms with E-state index in [4.69, 9.17) is 4.74 Å². The molecule has 190 valence electrons. The Balaban J connectivity index is 1.13. The van der Waals surface area contributed by atoms with Crippen molar-refractivity contribution in [1.29, 1.82) is 0 Å². The highest BCUT2D eigenvalue weighted by Crippen LogP contribution is 2.47. The molecule has 1 aliphatic carbocycles. The topological polar surface area (TPSA) is 63.0 Å². The maximum absolute atomic E-state index is 13.3. The van der Waals surface area contributed by atoms with E-state index in [-0.39, 0.29) is 11.8 Å². The summed E-state index contributed by atoms with van der Waals surface area (Å²) in [6, 6.07) is 10.7. The molecule has 0 N–H and O–H groups in total. The van der Waals surface area contributed by atoms with Crippen molar-refractivity contribution < 1.29 is 22.7 Å². The highest BCUT2D eigenvalue weighted by atomic mass is 19.4. The summed E-state index contributed by atoms with van der Waals surface area (Å²) < 4.78 is 46.3. The van der Waals surface area contributed by atoms with Crippen molar-refractivity contribution in [1.82, 2.24) is 19.5 Å². The molecule has 10 heteroatoms. The number of imidazole rings is 1. The molecule has 4 heterocycles. The number of rotatable bonds is 4. The van der Waals surface area contributed by atoms with E-state index in [0.717, 1.165) is 37.3 Å². The lowest BCUT2D eigenvalue weighted by Gasteiger charge is -2.27. The number of hydrogen-bond acceptors (Lipinski definition) is 5. The van der Waals surface area contributed by atoms with E-state index in [2.05, 4.69) is 15.0 Å². The first-order valence-corrected chi connectivity index (χ1v) is 12.5. The van der Waals surface area contributed by atoms with Gasteiger partial charge in [0.15, 0.2) is 5.65 Å². The fraction of sp³-hybridized carbons (Fsp3) is 0.500. The Kier molecular flexibility index (Phi) is 5.86. The first-order chi connectivity index (χ1) is 17.3. The number of anilines is 1. The van der Waals surface area contributed by atoms with Gasteiger partial charge in [-0.3, -0.25) is 4.79 Å². The Labute approximate surface area is 206 Å². The standard InChI is InChI=1S/C26H28F3N5O2/c27-26(28,29)13-17-3-1-2-4-21(17)18-11-19-14-33(15-20(19)12-18)25(35)22-16-34-23(30-22)5-6-24(31-34)32-7-9-36-10-8-32/h1-6,16,18-20H,7-15H2/t18?,19-,20+. The van der Waals surface area contributed by atoms with Crippen LogP contribution in [0.1, 0.15) is 40.4 Å². The quantitative estimate of drug-likeness (QED) is 0.544. The summed E-state index contributed by atoms with van der Waals surface area (Å²) in [6.45, 7) is 4.11. The van der Waals surface area contributed by atoms with Crippen molar-refractivity contribution in [2.75, 3.05) is 44.3 Å². The molecule has 7 nitrogen and oxygen atoms in total. The van der Waals surface area contributed by atoms with Crippen molar-refractivity contribution in [2.45, 2.75) is 31.4 Å². The van der Waals surface area contributed by atoms with Gasteiger partial charge in [-0.1, -0.05) is 24.3 Å². The minimum Gasteiger partial charge on any atom is -0.378 e. The number of nitrogens with zero attached hydrogens (tertiary/aromatic N) is 5. The third-order valence-corrected chi connectivity index (χ3v) is 7.78. The van der Waals surface area contributed by atoms with E-state index in [1.165, 1.54) is 0 Å². The molecule has 36 heavy (non-hydrogen) atoms. The summed E-state index contributed by atoms with van der Waals surface area (Å²) in [4.78, 5) is 21.8. The largest absolute Gasteiger partial charge is 0.393 e. The molecule has 0 bridgehead atoms. The molecule has 0 spiro atoms. The normalized spacial score (nSPS) is 24.5. The zero-order chi connectivity index (χ0) is 24.9. The molecule has 2 saturated heterocycles. The van der Waals surface area contributed by atoms with Crippen LogP contribution in [0.4, 0.5) is 19.0 Å². The average molecular weight is 500 g/mol. The van der Waals surface area contributed by atoms with Gasteiger partial charge in [0, 0.05) is 26.2 Å². The summed E-state index contributed by atoms with van der Waals surface area (Å²) in [7, 11) is 0. The van der Waals surface area contributed by atoms with Crippen LogP contribution in [0.5, 0.6) is 0 Å². The Morgan fingerprint density at radius 1 is 1.03 bits per heavy atom. The highest BCUT2D eigenvalue weighted by molar-refractivity contribution is 5.93. The summed E-state index contributed by atoms with van der Waals surface area (Å²) in [5.41, 5.74) is 2.17. The van der Waals surface area contributed by atoms with E-state index in [1.807, 2.05) is 29.2 Å². The van der Waals surface area contributed by atoms with Crippen molar-refractivity contribution in [3.05, 3.63) is 59.4 Å². The van der Waals surface area contributed by atoms with Crippen LogP contribution in [0.3, 0.4) is 0 Å². The first-order valence-electron chi connectivity index (χ1n) is 12.5. The summed E-state index contributed by atoms with van der Waals surface area (Å²) >= 11 is 0. The Hall–Kier alpha value is -3.14. The molecule has 3 aliphatic rings. The fourth-order valence-electron chi connectivity index (χ4n) is 6.13. The molecule has 6 rings (SSSR count). The highest BCUT2D eigenvalue weighted by Gasteiger charge is 2.44. The number of aromatic nitrogens is 3. The molecule has 0 radical (unpaired) electrons. The Morgan fingerprint density at radius 2 is 1.75 bits per heavy atom. The van der Waals surface area contributed by atoms with E-state index in [1.54, 1.807) is 22.8 Å². The van der Waals surface area contributed by atoms with Gasteiger partial charge in [-0.05, 0) is 53.9 Å². The number of carbonyl (C=O) groups is 1. The second kappa shape index (κ2) is 9.06. The zero-order valence-electron chi connectivity index (χ0n) is 19.8. The van der Waals surface area contributed by atoms with Crippen LogP contribution in [0.2, 0.25) is 0 Å². The average Bonchev–Trinajstić information content (AvgIpc) is 3.56. The fourth-order valence-corrected chi connectivity index (χ4v) is 6.13. The van der Waals surface area contributed by atoms with Gasteiger partial charge >= 0.3 is 6.18 Å². The second-order valence-electron chi connectivity index (χ2n) is 10.1. The molecule has 1 unspecified atom stereocenters. The van der Waals surface area contributed by atoms with E-state index in [0.29, 0.717) is 55.0 Å². The molecule has 1 amide bonds. The maximum Gasteiger partial charge on any atom is 0.393 e. The minimum atomic E-state index is -4.22. The van der Waals surface area contributed by atoms with Crippen LogP contribution in [0, 0.1) is 11.8 Å². The van der Waals surface area contributed by atoms with Crippen LogP contribution in [-0.4, -0.2) is 71.0 Å². The zero-order valence-corrected chi connectivity index (χ0v) is 19.8. The molecule has 3 aromatic rings. The van der Waals surface area contributed by atoms with Crippen LogP contribution in [-0.2, 0) is 11.2 Å². The summed E-state index contributed by atoms with van der Waals surface area (Å²) in [5, 5.41) is 4.64. The van der Waals surface area contributed by atoms with Gasteiger partial charge in [-0.15, -0.1) is 5.10 Å². The van der Waals surface area contributed by atoms with E-state index >= 15 is 0 Å². The van der Waals surface area contributed by atoms with Gasteiger partial charge in [-0.25, -0.2) is 9.50 Å². The Bertz CT molecular complexity index is 1260. The molecule has 3 atom stereocenters. The van der Waals surface area contributed by atoms with Crippen LogP contribution < -0.4 is 4.90 Å². The van der Waals surface area contributed by atoms with Crippen molar-refractivity contribution in [3.63, 3.8) is 0 Å². The number of halogens is 3. The molecule has 1 aromatic carbocycles. The minimum absolute atomic E-state index is 0.105. The van der Waals surface area contributed by atoms with Crippen molar-refractivity contribution in [2.24, 2.45) is 11.8 Å². The van der Waals surface area contributed by atoms with Gasteiger partial charge in [0.1, 0.15) is 11.5 Å². The predicted molar refractivity (Wildman–Crippen MR) is 127 cm³/mol. The van der Waals surface area contributed by atoms with Crippen LogP contribution >= 0.6 is 0 Å². The molecular weight excluding hydrogens is 471 g/mol. The number of fused-ring (bicyclic) bond motifs is 2. The Morgan fingerprint density at radius 3 is 2.47 bits per heavy atom. The number of carbonyl (C=O) groups excluding carboxylic acids is 1. The van der Waals surface area contributed by atoms with E-state index in [9.17, 15) is 18.0 Å². The lowest BCUT2D eigenvalue weighted by atomic mass is 9.90. The number of alkyl halides is 3. The summed E-state index contributed by atoms with van der Waals surface area (Å²) in [6.07, 6.45) is -1.82. The van der Waals surface area contributed by atoms with Gasteiger partial charge in [-0.2, -0.15) is 13.2 Å². The van der Waals surface area contributed by atoms with Gasteiger partial charge in [0.05, 0.1) is 25.8 Å². The monoisotopic (exact) mass is 499 g/mol. The van der Waals surface area contributed by atoms with Gasteiger partial charge < -0.3 is 14.5 Å². The molecular formula is C26H28F3N5O2. The van der Waals surface area contributed by atoms with Gasteiger partial charge in [0.25, 0.3) is 5.91 Å². The van der Waals surface area contributed by atoms with Crippen LogP contribution in [0.25, 0.3) is 5.65 Å². The number of hydrogen-bond donors (Lipinski definition) is 0. The van der Waals surface area contributed by atoms with Crippen molar-refractivity contribution >= 4 is 17.4 Å². The molecule has 1 saturated carbocycles. The molecule has 3 fully saturated rings. The van der Waals surface area contributed by atoms with E-state index < -0.39 is 12.6 Å². The van der Waals surface area contributed by atoms with Crippen LogP contribution in [0.15, 0.2) is 42.6 Å². The molecule has 2 aliphatic heterocycles. The third kappa shape index (κ3) is 4.54. The third-order valence-electron chi connectivity index (χ3n) is 7.78. The number of morpholine rings is 1. The predicted octanol–water partition coefficient (Wildman–Crippen LogP) is 3.94. The second-order valence-corrected chi connectivity index (χ2v) is 10.1. The molecule has 2 aromatic heterocycles. The summed E-state index contributed by atoms with van der Waals surface area (Å²) in [5.74, 6) is 1.40. The number of likely N-dealkylation sites (tertiary alicyclic amines) is 1.